The standard InChI is InChI=1S/2C18H21N5O4.C15H19IN4O4.C15H17N5O4.C3H3N.CH4O.ClH/c1-17(2)26-15-11(7-24)25-14(18(15,3)27-17)10-6-9-4-5-12(19)22-16-13(9)23(10)21-8-20-16;1-17(2)26-15-12(8-24)25-14(18(15,3)27-17)11-7-10(5-6-20-4)13-16(19)21-9-22-23(11)13;1-14(2)23-12-9(5-21)22-11(15(12,3)24-14)8-4-7(16)10-13(17)18-6-19-20(8)10;1-15(23)12(22)9(5-21)24-13(15)8-4-7-2-3-10(16)19-14-11(7)20(8)18-6-17-14;1-2-3-4;1-2;/h4-6,8,11,14-15,24H,7H2,1-3H3,(H2,19,20,21,22);5-7,9,12,14-15,24H,8H2,1-3H3,(H2,19,21,22);4,6,9,11-12,21H,5H2,1-3H3,(H2,17,18,19);2-4,6,9,12-13,21-23H,5H2,1H3,(H2,16,17,18,19);2H,1H2;2H,1H3;1H/b;6-5+;;;;;/t11-,14+,15-,18+;12-,14+,15-,18+;9-,11+,12-,15+;9-,12-,13+,15-;;;/m1111.../s1. The van der Waals surface area contributed by atoms with Gasteiger partial charge in [-0.1, -0.05) is 12.7 Å². The van der Waals surface area contributed by atoms with Gasteiger partial charge in [-0.15, -0.1) is 12.4 Å². The van der Waals surface area contributed by atoms with E-state index in [0.29, 0.717) is 51.3 Å². The number of hydrogen-bond donors (Lipinski definition) is 13. The lowest BCUT2D eigenvalue weighted by atomic mass is 9.91. The van der Waals surface area contributed by atoms with Crippen molar-refractivity contribution in [2.24, 2.45) is 9.98 Å². The minimum atomic E-state index is -1.58. The molecule has 37 nitrogen and oxygen atoms in total. The summed E-state index contributed by atoms with van der Waals surface area (Å²) in [5, 5.41) is 99.9. The SMILES string of the molecule is C=CC#N.CC1(C)O[C@@H]2[C@@H](CO)O[C@@H](c3cc(I)c4c(N)ncnn34)[C@]2(C)O1.CC1(C)O[C@@H]2[C@@H](CO)O[C@@H](c3cc4ccc(=N)nc5c4n3NC=N5)[C@]2(C)O1.CO.C[C@@]1(O)[C@H](O)[C@@H](CO)O[C@H]1c1cc2ccc(=N)nc3c2n1NC=N3.Cl.[C-]#[N+]/C=C/c1cc([C@@H]2O[C@H](CO)[C@H]3OC(C)(C)O[C@]32C)n2ncnc(N)c12. The molecule has 17 heterocycles. The molecule has 0 aromatic carbocycles. The van der Waals surface area contributed by atoms with Gasteiger partial charge in [-0.05, 0) is 146 Å². The molecule has 7 fully saturated rings. The zero-order valence-corrected chi connectivity index (χ0v) is 64.0. The van der Waals surface area contributed by atoms with E-state index in [2.05, 4.69) is 85.0 Å². The summed E-state index contributed by atoms with van der Waals surface area (Å²) in [6, 6.07) is 16.0. The third-order valence-corrected chi connectivity index (χ3v) is 20.4. The molecule has 9 aliphatic rings. The van der Waals surface area contributed by atoms with Gasteiger partial charge >= 0.3 is 0 Å². The first-order chi connectivity index (χ1) is 51.2. The van der Waals surface area contributed by atoms with E-state index in [-0.39, 0.29) is 55.4 Å². The number of hydrogen-bond acceptors (Lipinski definition) is 32. The Hall–Kier alpha value is -8.70. The third kappa shape index (κ3) is 14.4. The summed E-state index contributed by atoms with van der Waals surface area (Å²) < 4.78 is 68.6. The zero-order chi connectivity index (χ0) is 78.1. The number of allylic oxidation sites excluding steroid dienone is 1. The Bertz CT molecular complexity index is 5100. The van der Waals surface area contributed by atoms with Gasteiger partial charge in [-0.3, -0.25) is 31.0 Å². The van der Waals surface area contributed by atoms with Crippen LogP contribution in [0.5, 0.6) is 0 Å². The Kier molecular flexibility index (Phi) is 23.0. The lowest BCUT2D eigenvalue weighted by Crippen LogP contribution is -2.43. The van der Waals surface area contributed by atoms with Crippen molar-refractivity contribution in [3.05, 3.63) is 134 Å². The summed E-state index contributed by atoms with van der Waals surface area (Å²) in [6.45, 7) is 27.6. The van der Waals surface area contributed by atoms with Gasteiger partial charge in [0.15, 0.2) is 46.8 Å². The van der Waals surface area contributed by atoms with E-state index in [1.165, 1.54) is 44.5 Å². The van der Waals surface area contributed by atoms with Crippen LogP contribution >= 0.6 is 35.0 Å². The molecule has 8 aromatic rings. The molecular formula is C70H86ClIN20O17. The normalized spacial score (nSPS) is 31.0. The minimum Gasteiger partial charge on any atom is -0.400 e. The topological polar surface area (TPSA) is 507 Å². The van der Waals surface area contributed by atoms with Crippen LogP contribution in [0.25, 0.3) is 43.8 Å². The van der Waals surface area contributed by atoms with E-state index in [1.54, 1.807) is 50.1 Å². The van der Waals surface area contributed by atoms with Crippen molar-refractivity contribution in [2.75, 3.05) is 55.9 Å². The van der Waals surface area contributed by atoms with Crippen LogP contribution in [-0.4, -0.2) is 219 Å². The smallest absolute Gasteiger partial charge is 0.182 e. The fourth-order valence-corrected chi connectivity index (χ4v) is 16.4. The Morgan fingerprint density at radius 1 is 0.615 bits per heavy atom. The second-order valence-corrected chi connectivity index (χ2v) is 29.5. The first kappa shape index (κ1) is 81.3. The van der Waals surface area contributed by atoms with E-state index >= 15 is 0 Å². The quantitative estimate of drug-likeness (QED) is 0.0554. The molecule has 15 N–H and O–H groups in total. The molecular weight excluding hydrogens is 1560 g/mol. The van der Waals surface area contributed by atoms with E-state index in [4.69, 9.17) is 86.6 Å². The summed E-state index contributed by atoms with van der Waals surface area (Å²) >= 11 is 2.20. The largest absolute Gasteiger partial charge is 0.400 e. The highest BCUT2D eigenvalue weighted by molar-refractivity contribution is 14.1. The molecule has 7 saturated heterocycles. The summed E-state index contributed by atoms with van der Waals surface area (Å²) in [4.78, 5) is 28.2. The van der Waals surface area contributed by atoms with Crippen LogP contribution in [0.3, 0.4) is 0 Å². The molecule has 0 unspecified atom stereocenters. The maximum atomic E-state index is 10.7. The van der Waals surface area contributed by atoms with Gasteiger partial charge in [0.25, 0.3) is 0 Å². The molecule has 17 rings (SSSR count). The number of aliphatic imine (C=N–C) groups is 2. The number of aliphatic hydroxyl groups is 7. The molecule has 0 spiro atoms. The number of nitrogens with one attached hydrogen (secondary N) is 4. The number of ether oxygens (including phenoxy) is 10. The van der Waals surface area contributed by atoms with Crippen LogP contribution in [-0.2, 0) is 47.4 Å². The average Bonchev–Trinajstić information content (AvgIpc) is 1.57. The van der Waals surface area contributed by atoms with Crippen molar-refractivity contribution in [3.63, 3.8) is 0 Å². The Morgan fingerprint density at radius 3 is 1.40 bits per heavy atom. The van der Waals surface area contributed by atoms with Crippen molar-refractivity contribution in [1.82, 2.24) is 48.5 Å². The Morgan fingerprint density at radius 2 is 1.00 bits per heavy atom. The molecule has 8 aromatic heterocycles. The predicted octanol–water partition coefficient (Wildman–Crippen LogP) is 3.88. The third-order valence-electron chi connectivity index (χ3n) is 19.6. The summed E-state index contributed by atoms with van der Waals surface area (Å²) in [6.07, 6.45) is 2.81. The molecule has 0 saturated carbocycles. The molecule has 0 amide bonds. The lowest BCUT2D eigenvalue weighted by Gasteiger charge is -2.30. The highest BCUT2D eigenvalue weighted by Crippen LogP contribution is 2.57. The molecule has 0 bridgehead atoms. The van der Waals surface area contributed by atoms with E-state index in [9.17, 15) is 30.6 Å². The molecule has 39 heteroatoms. The maximum absolute atomic E-state index is 10.7. The van der Waals surface area contributed by atoms with Crippen LogP contribution in [0.15, 0.2) is 90.0 Å². The number of halogens is 2. The Balaban J connectivity index is 0.000000141. The van der Waals surface area contributed by atoms with Crippen LogP contribution in [0, 0.1) is 32.3 Å². The fourth-order valence-electron chi connectivity index (χ4n) is 15.6. The number of nitrogen functional groups attached to an aromatic ring is 2. The van der Waals surface area contributed by atoms with Crippen molar-refractivity contribution in [1.29, 1.82) is 16.1 Å². The minimum absolute atomic E-state index is 0. The molecule has 16 atom stereocenters. The van der Waals surface area contributed by atoms with Gasteiger partial charge in [0.1, 0.15) is 154 Å². The average molecular weight is 1640 g/mol. The van der Waals surface area contributed by atoms with Gasteiger partial charge in [-0.2, -0.15) is 15.5 Å². The van der Waals surface area contributed by atoms with Crippen LogP contribution in [0.1, 0.15) is 122 Å². The number of fused-ring (bicyclic) bond motifs is 5. The van der Waals surface area contributed by atoms with Gasteiger partial charge in [0.05, 0.1) is 61.8 Å². The molecule has 582 valence electrons. The lowest BCUT2D eigenvalue weighted by molar-refractivity contribution is -0.207. The van der Waals surface area contributed by atoms with Crippen molar-refractivity contribution in [2.45, 2.75) is 182 Å². The van der Waals surface area contributed by atoms with E-state index in [0.717, 1.165) is 43.9 Å². The zero-order valence-electron chi connectivity index (χ0n) is 61.0. The molecule has 0 radical (unpaired) electrons. The number of nitrogens with zero attached hydrogens (tertiary/aromatic N) is 14. The second kappa shape index (κ2) is 30.9. The first-order valence-electron chi connectivity index (χ1n) is 34.0. The number of rotatable bonds is 9. The predicted molar refractivity (Wildman–Crippen MR) is 401 cm³/mol. The van der Waals surface area contributed by atoms with Crippen molar-refractivity contribution in [3.8, 4) is 6.07 Å². The monoisotopic (exact) mass is 1640 g/mol. The van der Waals surface area contributed by atoms with E-state index in [1.807, 2.05) is 91.3 Å². The highest BCUT2D eigenvalue weighted by Gasteiger charge is 2.67. The molecule has 109 heavy (non-hydrogen) atoms. The van der Waals surface area contributed by atoms with Gasteiger partial charge < -0.3 is 94.6 Å². The summed E-state index contributed by atoms with van der Waals surface area (Å²) in [5.41, 5.74) is 20.8. The molecule has 9 aliphatic heterocycles. The van der Waals surface area contributed by atoms with Gasteiger partial charge in [0, 0.05) is 27.5 Å². The van der Waals surface area contributed by atoms with Crippen molar-refractivity contribution < 1.29 is 83.1 Å². The van der Waals surface area contributed by atoms with Gasteiger partial charge in [0.2, 0.25) is 0 Å². The fraction of sp³-hybridized carbons (Fsp3) is 0.486. The second-order valence-electron chi connectivity index (χ2n) is 28.3. The van der Waals surface area contributed by atoms with Crippen molar-refractivity contribution >= 4 is 110 Å². The summed E-state index contributed by atoms with van der Waals surface area (Å²) in [7, 11) is 1.00. The first-order valence-corrected chi connectivity index (χ1v) is 35.1. The van der Waals surface area contributed by atoms with Crippen LogP contribution < -0.4 is 33.3 Å². The van der Waals surface area contributed by atoms with E-state index < -0.39 is 107 Å². The number of nitrogens with two attached hydrogens (primary N) is 2. The highest BCUT2D eigenvalue weighted by atomic mass is 127. The number of aromatic nitrogens is 10. The Labute approximate surface area is 642 Å². The maximum Gasteiger partial charge on any atom is 0.182 e. The van der Waals surface area contributed by atoms with Gasteiger partial charge in [-0.25, -0.2) is 43.8 Å². The number of anilines is 2. The van der Waals surface area contributed by atoms with Crippen LogP contribution in [0.4, 0.5) is 23.3 Å². The summed E-state index contributed by atoms with van der Waals surface area (Å²) in [5.74, 6) is -0.775. The van der Waals surface area contributed by atoms with Crippen LogP contribution in [0.2, 0.25) is 0 Å². The molecule has 0 aliphatic carbocycles. The number of aliphatic hydroxyl groups excluding tert-OH is 6. The number of nitriles is 1.